The molecule has 0 fully saturated rings. The van der Waals surface area contributed by atoms with Gasteiger partial charge in [-0.05, 0) is 26.0 Å². The highest BCUT2D eigenvalue weighted by Crippen LogP contribution is 2.35. The molecule has 8 heteroatoms. The van der Waals surface area contributed by atoms with Gasteiger partial charge in [-0.2, -0.15) is 10.1 Å². The van der Waals surface area contributed by atoms with Crippen LogP contribution in [0.5, 0.6) is 11.5 Å². The predicted octanol–water partition coefficient (Wildman–Crippen LogP) is 1.97. The van der Waals surface area contributed by atoms with Crippen molar-refractivity contribution >= 4 is 17.5 Å². The van der Waals surface area contributed by atoms with Crippen LogP contribution < -0.4 is 19.7 Å². The van der Waals surface area contributed by atoms with Gasteiger partial charge >= 0.3 is 0 Å². The summed E-state index contributed by atoms with van der Waals surface area (Å²) in [5, 5.41) is 7.18. The summed E-state index contributed by atoms with van der Waals surface area (Å²) < 4.78 is 12.8. The van der Waals surface area contributed by atoms with Gasteiger partial charge in [0.1, 0.15) is 19.5 Å². The highest BCUT2D eigenvalue weighted by molar-refractivity contribution is 6.05. The first kappa shape index (κ1) is 15.5. The van der Waals surface area contributed by atoms with Crippen molar-refractivity contribution in [1.29, 1.82) is 0 Å². The number of amides is 1. The van der Waals surface area contributed by atoms with Crippen LogP contribution in [0.25, 0.3) is 0 Å². The van der Waals surface area contributed by atoms with Crippen LogP contribution in [0, 0.1) is 0 Å². The molecule has 0 aliphatic carbocycles. The van der Waals surface area contributed by atoms with Crippen molar-refractivity contribution in [3.63, 3.8) is 0 Å². The lowest BCUT2D eigenvalue weighted by Gasteiger charge is -2.31. The van der Waals surface area contributed by atoms with E-state index in [1.807, 2.05) is 25.8 Å². The summed E-state index contributed by atoms with van der Waals surface area (Å²) in [4.78, 5) is 19.0. The Bertz CT molecular complexity index is 873. The summed E-state index contributed by atoms with van der Waals surface area (Å²) in [6.45, 7) is 4.89. The van der Waals surface area contributed by atoms with Gasteiger partial charge in [0.15, 0.2) is 11.5 Å². The number of hydrogen-bond donors (Lipinski definition) is 1. The van der Waals surface area contributed by atoms with Crippen molar-refractivity contribution in [3.05, 3.63) is 35.8 Å². The molecule has 8 nitrogen and oxygen atoms in total. The summed E-state index contributed by atoms with van der Waals surface area (Å²) in [5.41, 5.74) is 2.16. The fourth-order valence-electron chi connectivity index (χ4n) is 3.19. The molecular weight excluding hydrogens is 322 g/mol. The molecule has 3 heterocycles. The number of anilines is 2. The molecule has 1 unspecified atom stereocenters. The molecule has 25 heavy (non-hydrogen) atoms. The topological polar surface area (TPSA) is 81.5 Å². The molecule has 1 amide bonds. The third-order valence-electron chi connectivity index (χ3n) is 4.58. The number of hydrogen-bond acceptors (Lipinski definition) is 6. The maximum atomic E-state index is 12.9. The smallest absolute Gasteiger partial charge is 0.255 e. The largest absolute Gasteiger partial charge is 0.486 e. The first-order chi connectivity index (χ1) is 12.1. The fraction of sp³-hybridized carbons (Fsp3) is 0.353. The first-order valence-corrected chi connectivity index (χ1v) is 8.11. The number of allylic oxidation sites excluding steroid dienone is 1. The number of nitrogens with one attached hydrogen (secondary N) is 1. The average molecular weight is 341 g/mol. The normalized spacial score (nSPS) is 18.8. The first-order valence-electron chi connectivity index (χ1n) is 8.11. The third-order valence-corrected chi connectivity index (χ3v) is 4.58. The number of benzene rings is 1. The van der Waals surface area contributed by atoms with Gasteiger partial charge in [0.2, 0.25) is 5.95 Å². The Balaban J connectivity index is 1.61. The highest BCUT2D eigenvalue weighted by atomic mass is 16.6. The number of ether oxygens (including phenoxy) is 2. The molecule has 4 rings (SSSR count). The van der Waals surface area contributed by atoms with E-state index in [1.165, 1.54) is 6.33 Å². The van der Waals surface area contributed by atoms with Crippen molar-refractivity contribution in [2.45, 2.75) is 19.9 Å². The molecule has 1 aromatic heterocycles. The summed E-state index contributed by atoms with van der Waals surface area (Å²) in [7, 11) is 1.87. The second-order valence-corrected chi connectivity index (χ2v) is 6.05. The summed E-state index contributed by atoms with van der Waals surface area (Å²) in [5.74, 6) is 1.88. The summed E-state index contributed by atoms with van der Waals surface area (Å²) in [6, 6.07) is 5.18. The van der Waals surface area contributed by atoms with Crippen LogP contribution in [-0.2, 0) is 4.79 Å². The van der Waals surface area contributed by atoms with Gasteiger partial charge in [0.05, 0.1) is 11.6 Å². The summed E-state index contributed by atoms with van der Waals surface area (Å²) >= 11 is 0. The molecule has 0 spiro atoms. The maximum absolute atomic E-state index is 12.9. The van der Waals surface area contributed by atoms with Crippen LogP contribution in [0.3, 0.4) is 0 Å². The van der Waals surface area contributed by atoms with Crippen molar-refractivity contribution in [3.8, 4) is 11.5 Å². The lowest BCUT2D eigenvalue weighted by molar-refractivity contribution is -0.113. The van der Waals surface area contributed by atoms with Gasteiger partial charge in [-0.25, -0.2) is 4.68 Å². The summed E-state index contributed by atoms with van der Waals surface area (Å²) in [6.07, 6.45) is 1.50. The molecule has 0 saturated carbocycles. The van der Waals surface area contributed by atoms with Crippen LogP contribution in [0.2, 0.25) is 0 Å². The van der Waals surface area contributed by atoms with E-state index in [0.717, 1.165) is 11.6 Å². The van der Waals surface area contributed by atoms with Crippen molar-refractivity contribution in [2.75, 3.05) is 30.5 Å². The molecule has 2 aliphatic heterocycles. The minimum Gasteiger partial charge on any atom is -0.486 e. The zero-order chi connectivity index (χ0) is 17.6. The van der Waals surface area contributed by atoms with Crippen LogP contribution in [-0.4, -0.2) is 40.9 Å². The Kier molecular flexibility index (Phi) is 3.60. The monoisotopic (exact) mass is 341 g/mol. The van der Waals surface area contributed by atoms with Crippen molar-refractivity contribution in [1.82, 2.24) is 14.8 Å². The molecular formula is C17H19N5O3. The molecule has 0 bridgehead atoms. The van der Waals surface area contributed by atoms with E-state index in [9.17, 15) is 4.79 Å². The highest BCUT2D eigenvalue weighted by Gasteiger charge is 2.32. The Labute approximate surface area is 145 Å². The van der Waals surface area contributed by atoms with E-state index in [0.29, 0.717) is 36.0 Å². The maximum Gasteiger partial charge on any atom is 0.255 e. The van der Waals surface area contributed by atoms with E-state index in [4.69, 9.17) is 9.47 Å². The number of carbonyl (C=O) groups is 1. The quantitative estimate of drug-likeness (QED) is 0.899. The van der Waals surface area contributed by atoms with E-state index in [1.54, 1.807) is 22.9 Å². The van der Waals surface area contributed by atoms with E-state index >= 15 is 0 Å². The van der Waals surface area contributed by atoms with Crippen LogP contribution >= 0.6 is 0 Å². The van der Waals surface area contributed by atoms with Gasteiger partial charge in [0, 0.05) is 24.5 Å². The average Bonchev–Trinajstić information content (AvgIpc) is 3.10. The third kappa shape index (κ3) is 2.50. The molecule has 2 aliphatic rings. The lowest BCUT2D eigenvalue weighted by atomic mass is 10.0. The molecule has 0 radical (unpaired) electrons. The second-order valence-electron chi connectivity index (χ2n) is 6.05. The molecule has 1 N–H and O–H groups in total. The minimum atomic E-state index is -0.203. The van der Waals surface area contributed by atoms with E-state index in [2.05, 4.69) is 15.4 Å². The SMILES string of the molecule is CC1=C(C(=O)Nc2ccc3c(c2)OCCO3)C(C)n2ncnc2N1C. The standard InChI is InChI=1S/C17H19N5O3/c1-10-15(11(2)22-17(21(10)3)18-9-19-22)16(23)20-12-4-5-13-14(8-12)25-7-6-24-13/h4-5,8-9,11H,6-7H2,1-3H3,(H,20,23). The molecule has 1 aromatic carbocycles. The Hall–Kier alpha value is -3.03. The van der Waals surface area contributed by atoms with Crippen molar-refractivity contribution in [2.24, 2.45) is 0 Å². The van der Waals surface area contributed by atoms with Gasteiger partial charge in [-0.1, -0.05) is 0 Å². The number of nitrogens with zero attached hydrogens (tertiary/aromatic N) is 4. The second kappa shape index (κ2) is 5.80. The number of rotatable bonds is 2. The lowest BCUT2D eigenvalue weighted by Crippen LogP contribution is -2.34. The van der Waals surface area contributed by atoms with Crippen LogP contribution in [0.1, 0.15) is 19.9 Å². The zero-order valence-corrected chi connectivity index (χ0v) is 14.3. The zero-order valence-electron chi connectivity index (χ0n) is 14.3. The Morgan fingerprint density at radius 1 is 1.28 bits per heavy atom. The van der Waals surface area contributed by atoms with Crippen LogP contribution in [0.4, 0.5) is 11.6 Å². The molecule has 0 saturated heterocycles. The number of fused-ring (bicyclic) bond motifs is 2. The molecule has 130 valence electrons. The van der Waals surface area contributed by atoms with Gasteiger partial charge in [-0.15, -0.1) is 0 Å². The van der Waals surface area contributed by atoms with Gasteiger partial charge in [0.25, 0.3) is 5.91 Å². The molecule has 2 aromatic rings. The molecule has 1 atom stereocenters. The van der Waals surface area contributed by atoms with Gasteiger partial charge < -0.3 is 19.7 Å². The number of aromatic nitrogens is 3. The van der Waals surface area contributed by atoms with E-state index in [-0.39, 0.29) is 11.9 Å². The van der Waals surface area contributed by atoms with Crippen molar-refractivity contribution < 1.29 is 14.3 Å². The predicted molar refractivity (Wildman–Crippen MR) is 91.9 cm³/mol. The minimum absolute atomic E-state index is 0.172. The Morgan fingerprint density at radius 2 is 2.04 bits per heavy atom. The van der Waals surface area contributed by atoms with E-state index < -0.39 is 0 Å². The fourth-order valence-corrected chi connectivity index (χ4v) is 3.19. The van der Waals surface area contributed by atoms with Gasteiger partial charge in [-0.3, -0.25) is 4.79 Å². The van der Waals surface area contributed by atoms with Crippen LogP contribution in [0.15, 0.2) is 35.8 Å². The number of carbonyl (C=O) groups excluding carboxylic acids is 1. The Morgan fingerprint density at radius 3 is 2.84 bits per heavy atom.